The van der Waals surface area contributed by atoms with Crippen molar-refractivity contribution in [3.05, 3.63) is 64.7 Å². The summed E-state index contributed by atoms with van der Waals surface area (Å²) < 4.78 is 29.3. The van der Waals surface area contributed by atoms with Gasteiger partial charge in [0.25, 0.3) is 0 Å². The first-order chi connectivity index (χ1) is 16.8. The maximum Gasteiger partial charge on any atom is 0.239 e. The molecule has 3 atom stereocenters. The Morgan fingerprint density at radius 1 is 1.29 bits per heavy atom. The van der Waals surface area contributed by atoms with E-state index in [9.17, 15) is 9.18 Å². The van der Waals surface area contributed by atoms with Crippen molar-refractivity contribution in [2.24, 2.45) is 16.6 Å². The topological polar surface area (TPSA) is 95.4 Å². The predicted molar refractivity (Wildman–Crippen MR) is 132 cm³/mol. The normalized spacial score (nSPS) is 28.1. The number of amides is 1. The van der Waals surface area contributed by atoms with E-state index in [1.54, 1.807) is 13.0 Å². The lowest BCUT2D eigenvalue weighted by Crippen LogP contribution is -2.47. The molecule has 1 aromatic heterocycles. The van der Waals surface area contributed by atoms with E-state index in [1.165, 1.54) is 48.3 Å². The number of rotatable bonds is 4. The first-order valence-corrected chi connectivity index (χ1v) is 12.5. The van der Waals surface area contributed by atoms with E-state index in [-0.39, 0.29) is 28.3 Å². The number of benzene rings is 1. The van der Waals surface area contributed by atoms with Crippen molar-refractivity contribution >= 4 is 34.7 Å². The Labute approximate surface area is 206 Å². The smallest absolute Gasteiger partial charge is 0.239 e. The van der Waals surface area contributed by atoms with Crippen LogP contribution in [-0.4, -0.2) is 38.8 Å². The summed E-state index contributed by atoms with van der Waals surface area (Å²) in [5.41, 5.74) is 6.29. The van der Waals surface area contributed by atoms with Gasteiger partial charge in [-0.1, -0.05) is 17.8 Å². The van der Waals surface area contributed by atoms with Gasteiger partial charge in [-0.2, -0.15) is 5.26 Å². The minimum absolute atomic E-state index is 0.0608. The number of carbonyl (C=O) groups is 1. The number of hydrogen-bond donors (Lipinski definition) is 1. The van der Waals surface area contributed by atoms with Crippen LogP contribution >= 0.6 is 11.8 Å². The van der Waals surface area contributed by atoms with Gasteiger partial charge in [0, 0.05) is 30.8 Å². The SMILES string of the molecule is C[C@]1(c2cc(C=C(F)c3ccc(C#N)cn3)ccc2F)N=C(N)S[C@@]2(C(=O)N3CCCCC3)C[C@H]21. The molecule has 2 aliphatic heterocycles. The van der Waals surface area contributed by atoms with Crippen molar-refractivity contribution in [2.75, 3.05) is 13.1 Å². The van der Waals surface area contributed by atoms with Gasteiger partial charge in [-0.05, 0) is 68.5 Å². The molecule has 1 aliphatic carbocycles. The molecule has 9 heteroatoms. The lowest BCUT2D eigenvalue weighted by atomic mass is 9.84. The molecule has 2 N–H and O–H groups in total. The first kappa shape index (κ1) is 23.5. The zero-order valence-corrected chi connectivity index (χ0v) is 20.1. The number of aliphatic imine (C=N–C) groups is 1. The van der Waals surface area contributed by atoms with Crippen LogP contribution in [0.25, 0.3) is 11.9 Å². The second kappa shape index (κ2) is 8.76. The standard InChI is InChI=1S/C26H25F2N5OS/c1-25(22-13-26(22,35-24(30)32-25)23(34)33-9-3-2-4-10-33)18-11-16(5-7-19(18)27)12-20(28)21-8-6-17(14-29)15-31-21/h5-8,11-12,15,22H,2-4,9-10,13H2,1H3,(H2,30,32)/t22-,25+,26-/m0/s1. The molecule has 1 amide bonds. The van der Waals surface area contributed by atoms with E-state index in [0.29, 0.717) is 17.5 Å². The van der Waals surface area contributed by atoms with E-state index >= 15 is 4.39 Å². The van der Waals surface area contributed by atoms with Gasteiger partial charge in [0.15, 0.2) is 5.17 Å². The molecule has 3 heterocycles. The number of carbonyl (C=O) groups excluding carboxylic acids is 1. The van der Waals surface area contributed by atoms with Gasteiger partial charge < -0.3 is 10.6 Å². The number of likely N-dealkylation sites (tertiary alicyclic amines) is 1. The summed E-state index contributed by atoms with van der Waals surface area (Å²) >= 11 is 1.29. The van der Waals surface area contributed by atoms with Gasteiger partial charge in [-0.15, -0.1) is 0 Å². The number of amidine groups is 1. The van der Waals surface area contributed by atoms with Crippen LogP contribution in [0.4, 0.5) is 8.78 Å². The Balaban J connectivity index is 1.47. The molecule has 6 nitrogen and oxygen atoms in total. The lowest BCUT2D eigenvalue weighted by molar-refractivity contribution is -0.132. The zero-order valence-electron chi connectivity index (χ0n) is 19.3. The van der Waals surface area contributed by atoms with E-state index in [0.717, 1.165) is 32.4 Å². The number of aromatic nitrogens is 1. The quantitative estimate of drug-likeness (QED) is 0.671. The molecule has 0 unspecified atom stereocenters. The number of nitrogens with two attached hydrogens (primary N) is 1. The molecular weight excluding hydrogens is 468 g/mol. The van der Waals surface area contributed by atoms with Crippen LogP contribution in [0.15, 0.2) is 41.5 Å². The fourth-order valence-electron chi connectivity index (χ4n) is 5.26. The molecule has 1 saturated heterocycles. The third-order valence-electron chi connectivity index (χ3n) is 7.19. The highest BCUT2D eigenvalue weighted by molar-refractivity contribution is 8.15. The molecule has 180 valence electrons. The molecule has 1 aromatic carbocycles. The third-order valence-corrected chi connectivity index (χ3v) is 8.48. The summed E-state index contributed by atoms with van der Waals surface area (Å²) in [6.45, 7) is 3.28. The van der Waals surface area contributed by atoms with Crippen LogP contribution < -0.4 is 5.73 Å². The van der Waals surface area contributed by atoms with E-state index in [2.05, 4.69) is 9.98 Å². The number of piperidine rings is 1. The van der Waals surface area contributed by atoms with Gasteiger partial charge >= 0.3 is 0 Å². The van der Waals surface area contributed by atoms with Crippen LogP contribution in [0.3, 0.4) is 0 Å². The first-order valence-electron chi connectivity index (χ1n) is 11.6. The highest BCUT2D eigenvalue weighted by atomic mass is 32.2. The molecular formula is C26H25F2N5OS. The summed E-state index contributed by atoms with van der Waals surface area (Å²) in [6, 6.07) is 9.18. The molecule has 2 aromatic rings. The number of nitriles is 1. The molecule has 35 heavy (non-hydrogen) atoms. The van der Waals surface area contributed by atoms with Gasteiger partial charge in [0.1, 0.15) is 22.5 Å². The number of fused-ring (bicyclic) bond motifs is 1. The largest absolute Gasteiger partial charge is 0.378 e. The summed E-state index contributed by atoms with van der Waals surface area (Å²) in [5.74, 6) is -1.23. The Bertz CT molecular complexity index is 1280. The minimum atomic E-state index is -1.04. The molecule has 0 bridgehead atoms. The average molecular weight is 494 g/mol. The van der Waals surface area contributed by atoms with Crippen LogP contribution in [0.5, 0.6) is 0 Å². The Morgan fingerprint density at radius 3 is 2.74 bits per heavy atom. The van der Waals surface area contributed by atoms with Crippen LogP contribution in [0, 0.1) is 23.1 Å². The Morgan fingerprint density at radius 2 is 2.06 bits per heavy atom. The van der Waals surface area contributed by atoms with Crippen molar-refractivity contribution in [1.29, 1.82) is 5.26 Å². The average Bonchev–Trinajstić information content (AvgIpc) is 3.62. The molecule has 3 aliphatic rings. The number of hydrogen-bond acceptors (Lipinski definition) is 6. The van der Waals surface area contributed by atoms with Crippen molar-refractivity contribution < 1.29 is 13.6 Å². The van der Waals surface area contributed by atoms with Gasteiger partial charge in [-0.3, -0.25) is 14.8 Å². The third kappa shape index (κ3) is 4.10. The molecule has 2 fully saturated rings. The van der Waals surface area contributed by atoms with Gasteiger partial charge in [0.05, 0.1) is 16.8 Å². The fraction of sp³-hybridized carbons (Fsp3) is 0.385. The number of pyridine rings is 1. The highest BCUT2D eigenvalue weighted by Gasteiger charge is 2.71. The fourth-order valence-corrected chi connectivity index (χ4v) is 6.71. The Hall–Kier alpha value is -3.25. The van der Waals surface area contributed by atoms with Crippen molar-refractivity contribution in [3.8, 4) is 6.07 Å². The van der Waals surface area contributed by atoms with E-state index < -0.39 is 21.9 Å². The van der Waals surface area contributed by atoms with Crippen LogP contribution in [0.1, 0.15) is 55.0 Å². The summed E-state index contributed by atoms with van der Waals surface area (Å²) in [7, 11) is 0. The van der Waals surface area contributed by atoms with E-state index in [4.69, 9.17) is 11.0 Å². The summed E-state index contributed by atoms with van der Waals surface area (Å²) in [5, 5.41) is 9.16. The monoisotopic (exact) mass is 493 g/mol. The summed E-state index contributed by atoms with van der Waals surface area (Å²) in [4.78, 5) is 24.0. The van der Waals surface area contributed by atoms with Crippen molar-refractivity contribution in [3.63, 3.8) is 0 Å². The second-order valence-corrected chi connectivity index (χ2v) is 10.8. The van der Waals surface area contributed by atoms with Crippen molar-refractivity contribution in [1.82, 2.24) is 9.88 Å². The zero-order chi connectivity index (χ0) is 24.8. The molecule has 0 radical (unpaired) electrons. The van der Waals surface area contributed by atoms with Crippen molar-refractivity contribution in [2.45, 2.75) is 42.9 Å². The second-order valence-electron chi connectivity index (χ2n) is 9.47. The maximum absolute atomic E-state index is 15.2. The maximum atomic E-state index is 15.2. The Kier molecular flexibility index (Phi) is 5.88. The van der Waals surface area contributed by atoms with Gasteiger partial charge in [-0.25, -0.2) is 8.78 Å². The van der Waals surface area contributed by atoms with E-state index in [1.807, 2.05) is 11.0 Å². The van der Waals surface area contributed by atoms with Gasteiger partial charge in [0.2, 0.25) is 5.91 Å². The number of halogens is 2. The summed E-state index contributed by atoms with van der Waals surface area (Å²) in [6.07, 6.45) is 6.22. The number of thioether (sulfide) groups is 1. The predicted octanol–water partition coefficient (Wildman–Crippen LogP) is 4.61. The molecule has 0 spiro atoms. The lowest BCUT2D eigenvalue weighted by Gasteiger charge is -2.37. The van der Waals surface area contributed by atoms with Crippen LogP contribution in [-0.2, 0) is 10.3 Å². The highest BCUT2D eigenvalue weighted by Crippen LogP contribution is 2.66. The van der Waals surface area contributed by atoms with Crippen LogP contribution in [0.2, 0.25) is 0 Å². The molecule has 1 saturated carbocycles. The number of nitrogens with zero attached hydrogens (tertiary/aromatic N) is 4. The molecule has 5 rings (SSSR count). The minimum Gasteiger partial charge on any atom is -0.378 e.